The number of hydrogen-bond acceptors (Lipinski definition) is 7. The van der Waals surface area contributed by atoms with E-state index in [1.807, 2.05) is 13.0 Å². The summed E-state index contributed by atoms with van der Waals surface area (Å²) >= 11 is 0. The van der Waals surface area contributed by atoms with Gasteiger partial charge in [-0.1, -0.05) is 13.3 Å². The molecule has 0 radical (unpaired) electrons. The Morgan fingerprint density at radius 2 is 2.06 bits per heavy atom. The van der Waals surface area contributed by atoms with Gasteiger partial charge < -0.3 is 19.3 Å². The molecule has 3 N–H and O–H groups in total. The first-order chi connectivity index (χ1) is 16.4. The van der Waals surface area contributed by atoms with E-state index in [-0.39, 0.29) is 24.5 Å². The van der Waals surface area contributed by atoms with Crippen molar-refractivity contribution in [3.05, 3.63) is 75.0 Å². The minimum atomic E-state index is -0.739. The van der Waals surface area contributed by atoms with E-state index in [1.54, 1.807) is 31.4 Å². The SMILES string of the molecule is CCCCn1c(N)c(N(Cc2ccco2)C(=O)Cc2coc3cc(OC)ccc23)c(=O)[nH]c1=O. The van der Waals surface area contributed by atoms with E-state index in [9.17, 15) is 14.4 Å². The monoisotopic (exact) mass is 466 g/mol. The van der Waals surface area contributed by atoms with Crippen molar-refractivity contribution in [1.82, 2.24) is 9.55 Å². The number of rotatable bonds is 9. The lowest BCUT2D eigenvalue weighted by atomic mass is 10.1. The fourth-order valence-corrected chi connectivity index (χ4v) is 3.81. The van der Waals surface area contributed by atoms with Gasteiger partial charge >= 0.3 is 5.69 Å². The standard InChI is InChI=1S/C24H26N4O6/c1-3-4-9-27-22(25)21(23(30)26-24(27)31)28(13-17-6-5-10-33-17)20(29)11-15-14-34-19-12-16(32-2)7-8-18(15)19/h5-8,10,12,14H,3-4,9,11,13,25H2,1-2H3,(H,26,30,31). The number of ether oxygens (including phenoxy) is 1. The third-order valence-corrected chi connectivity index (χ3v) is 5.62. The van der Waals surface area contributed by atoms with Crippen molar-refractivity contribution in [1.29, 1.82) is 0 Å². The summed E-state index contributed by atoms with van der Waals surface area (Å²) in [5.74, 6) is 0.616. The number of carbonyl (C=O) groups excluding carboxylic acids is 1. The summed E-state index contributed by atoms with van der Waals surface area (Å²) in [6.07, 6.45) is 4.43. The molecule has 0 fully saturated rings. The maximum atomic E-state index is 13.5. The van der Waals surface area contributed by atoms with Crippen LogP contribution in [0.4, 0.5) is 11.5 Å². The molecular formula is C24H26N4O6. The van der Waals surface area contributed by atoms with Crippen molar-refractivity contribution in [2.24, 2.45) is 0 Å². The number of aromatic amines is 1. The number of hydrogen-bond donors (Lipinski definition) is 2. The molecule has 0 spiro atoms. The summed E-state index contributed by atoms with van der Waals surface area (Å²) in [6.45, 7) is 2.27. The number of nitrogens with two attached hydrogens (primary N) is 1. The van der Waals surface area contributed by atoms with Crippen LogP contribution >= 0.6 is 0 Å². The second-order valence-electron chi connectivity index (χ2n) is 7.86. The van der Waals surface area contributed by atoms with E-state index in [2.05, 4.69) is 4.98 Å². The molecular weight excluding hydrogens is 440 g/mol. The molecule has 1 amide bonds. The molecule has 0 aliphatic carbocycles. The van der Waals surface area contributed by atoms with Gasteiger partial charge in [-0.25, -0.2) is 4.79 Å². The maximum Gasteiger partial charge on any atom is 0.330 e. The number of fused-ring (bicyclic) bond motifs is 1. The van der Waals surface area contributed by atoms with Crippen LogP contribution in [0.5, 0.6) is 5.75 Å². The Kier molecular flexibility index (Phi) is 6.58. The molecule has 4 rings (SSSR count). The van der Waals surface area contributed by atoms with Gasteiger partial charge in [0.15, 0.2) is 5.69 Å². The molecule has 0 aliphatic heterocycles. The molecule has 3 heterocycles. The number of nitrogens with one attached hydrogen (secondary N) is 1. The van der Waals surface area contributed by atoms with E-state index in [0.29, 0.717) is 35.6 Å². The number of carbonyl (C=O) groups is 1. The largest absolute Gasteiger partial charge is 0.497 e. The topological polar surface area (TPSA) is 137 Å². The van der Waals surface area contributed by atoms with Gasteiger partial charge in [0, 0.05) is 23.6 Å². The number of aromatic nitrogens is 2. The average Bonchev–Trinajstić information content (AvgIpc) is 3.47. The Bertz CT molecular complexity index is 1410. The highest BCUT2D eigenvalue weighted by atomic mass is 16.5. The normalized spacial score (nSPS) is 11.1. The molecule has 3 aromatic heterocycles. The summed E-state index contributed by atoms with van der Waals surface area (Å²) in [5.41, 5.74) is 6.05. The van der Waals surface area contributed by atoms with Gasteiger partial charge in [0.25, 0.3) is 5.56 Å². The molecule has 0 bridgehead atoms. The number of amides is 1. The van der Waals surface area contributed by atoms with Crippen LogP contribution < -0.4 is 26.6 Å². The molecule has 178 valence electrons. The second kappa shape index (κ2) is 9.74. The van der Waals surface area contributed by atoms with Gasteiger partial charge in [-0.2, -0.15) is 0 Å². The van der Waals surface area contributed by atoms with E-state index in [0.717, 1.165) is 11.8 Å². The number of H-pyrrole nitrogens is 1. The molecule has 10 heteroatoms. The molecule has 0 saturated carbocycles. The Morgan fingerprint density at radius 3 is 2.76 bits per heavy atom. The van der Waals surface area contributed by atoms with Gasteiger partial charge in [0.1, 0.15) is 22.9 Å². The van der Waals surface area contributed by atoms with Crippen LogP contribution in [0, 0.1) is 0 Å². The van der Waals surface area contributed by atoms with Crippen LogP contribution in [0.3, 0.4) is 0 Å². The highest BCUT2D eigenvalue weighted by Crippen LogP contribution is 2.27. The van der Waals surface area contributed by atoms with E-state index in [4.69, 9.17) is 19.3 Å². The van der Waals surface area contributed by atoms with Gasteiger partial charge in [0.05, 0.1) is 32.6 Å². The van der Waals surface area contributed by atoms with Gasteiger partial charge in [-0.15, -0.1) is 0 Å². The van der Waals surface area contributed by atoms with Crippen molar-refractivity contribution in [3.63, 3.8) is 0 Å². The first-order valence-electron chi connectivity index (χ1n) is 10.9. The highest BCUT2D eigenvalue weighted by Gasteiger charge is 2.26. The Hall–Kier alpha value is -4.21. The highest BCUT2D eigenvalue weighted by molar-refractivity contribution is 5.98. The zero-order valence-electron chi connectivity index (χ0n) is 19.0. The lowest BCUT2D eigenvalue weighted by Gasteiger charge is -2.23. The number of benzene rings is 1. The summed E-state index contributed by atoms with van der Waals surface area (Å²) < 4.78 is 17.5. The minimum absolute atomic E-state index is 0.0330. The quantitative estimate of drug-likeness (QED) is 0.387. The zero-order chi connectivity index (χ0) is 24.2. The number of nitrogens with zero attached hydrogens (tertiary/aromatic N) is 2. The van der Waals surface area contributed by atoms with Crippen LogP contribution in [0.2, 0.25) is 0 Å². The third-order valence-electron chi connectivity index (χ3n) is 5.62. The number of unbranched alkanes of at least 4 members (excludes halogenated alkanes) is 1. The van der Waals surface area contributed by atoms with Gasteiger partial charge in [-0.05, 0) is 30.7 Å². The maximum absolute atomic E-state index is 13.5. The first kappa shape index (κ1) is 23.0. The fourth-order valence-electron chi connectivity index (χ4n) is 3.81. The lowest BCUT2D eigenvalue weighted by molar-refractivity contribution is -0.118. The Morgan fingerprint density at radius 1 is 1.24 bits per heavy atom. The van der Waals surface area contributed by atoms with Crippen molar-refractivity contribution in [2.75, 3.05) is 17.7 Å². The Labute approximate surface area is 194 Å². The van der Waals surface area contributed by atoms with Crippen LogP contribution in [0.15, 0.2) is 61.3 Å². The summed E-state index contributed by atoms with van der Waals surface area (Å²) in [6, 6.07) is 8.69. The Balaban J connectivity index is 1.75. The predicted molar refractivity (Wildman–Crippen MR) is 127 cm³/mol. The van der Waals surface area contributed by atoms with Crippen LogP contribution in [0.25, 0.3) is 11.0 Å². The third kappa shape index (κ3) is 4.47. The van der Waals surface area contributed by atoms with E-state index >= 15 is 0 Å². The number of furan rings is 2. The molecule has 10 nitrogen and oxygen atoms in total. The van der Waals surface area contributed by atoms with Gasteiger partial charge in [-0.3, -0.25) is 24.0 Å². The zero-order valence-corrected chi connectivity index (χ0v) is 19.0. The number of nitrogen functional groups attached to an aromatic ring is 1. The fraction of sp³-hybridized carbons (Fsp3) is 0.292. The molecule has 0 atom stereocenters. The van der Waals surface area contributed by atoms with Crippen LogP contribution in [-0.2, 0) is 24.3 Å². The predicted octanol–water partition coefficient (Wildman–Crippen LogP) is 3.04. The molecule has 4 aromatic rings. The number of methoxy groups -OCH3 is 1. The molecule has 34 heavy (non-hydrogen) atoms. The van der Waals surface area contributed by atoms with E-state index in [1.165, 1.54) is 22.0 Å². The number of anilines is 2. The summed E-state index contributed by atoms with van der Waals surface area (Å²) in [7, 11) is 1.56. The summed E-state index contributed by atoms with van der Waals surface area (Å²) in [4.78, 5) is 42.3. The van der Waals surface area contributed by atoms with Crippen molar-refractivity contribution in [2.45, 2.75) is 39.3 Å². The van der Waals surface area contributed by atoms with E-state index < -0.39 is 17.2 Å². The van der Waals surface area contributed by atoms with Gasteiger partial charge in [0.2, 0.25) is 5.91 Å². The minimum Gasteiger partial charge on any atom is -0.497 e. The van der Waals surface area contributed by atoms with Crippen molar-refractivity contribution >= 4 is 28.4 Å². The van der Waals surface area contributed by atoms with Crippen LogP contribution in [0.1, 0.15) is 31.1 Å². The first-order valence-corrected chi connectivity index (χ1v) is 10.9. The lowest BCUT2D eigenvalue weighted by Crippen LogP contribution is -2.41. The summed E-state index contributed by atoms with van der Waals surface area (Å²) in [5, 5.41) is 0.752. The second-order valence-corrected chi connectivity index (χ2v) is 7.86. The molecule has 0 saturated heterocycles. The van der Waals surface area contributed by atoms with Crippen LogP contribution in [-0.4, -0.2) is 22.6 Å². The van der Waals surface area contributed by atoms with Crippen molar-refractivity contribution in [3.8, 4) is 5.75 Å². The smallest absolute Gasteiger partial charge is 0.330 e. The average molecular weight is 466 g/mol. The molecule has 1 aromatic carbocycles. The van der Waals surface area contributed by atoms with Crippen molar-refractivity contribution < 1.29 is 18.4 Å². The molecule has 0 aliphatic rings. The molecule has 0 unspecified atom stereocenters.